The molecule has 6 aromatic carbocycles. The first kappa shape index (κ1) is 27.7. The Morgan fingerprint density at radius 3 is 2.00 bits per heavy atom. The zero-order chi connectivity index (χ0) is 31.5. The van der Waals surface area contributed by atoms with E-state index in [9.17, 15) is 0 Å². The van der Waals surface area contributed by atoms with Crippen molar-refractivity contribution in [3.05, 3.63) is 168 Å². The van der Waals surface area contributed by atoms with Crippen molar-refractivity contribution in [3.63, 3.8) is 0 Å². The van der Waals surface area contributed by atoms with Crippen LogP contribution in [0.4, 0.5) is 17.1 Å². The molecule has 0 aliphatic heterocycles. The van der Waals surface area contributed by atoms with Gasteiger partial charge in [0.05, 0.1) is 0 Å². The lowest BCUT2D eigenvalue weighted by Crippen LogP contribution is -2.16. The van der Waals surface area contributed by atoms with E-state index in [0.29, 0.717) is 0 Å². The molecule has 0 saturated carbocycles. The van der Waals surface area contributed by atoms with Gasteiger partial charge in [-0.3, -0.25) is 0 Å². The lowest BCUT2D eigenvalue weighted by atomic mass is 9.82. The molecular formula is C45H36N2. The van der Waals surface area contributed by atoms with E-state index in [4.69, 9.17) is 0 Å². The molecule has 0 spiro atoms. The summed E-state index contributed by atoms with van der Waals surface area (Å²) in [4.78, 5) is 5.97. The second kappa shape index (κ2) is 10.7. The Hall–Kier alpha value is -5.60. The Morgan fingerprint density at radius 1 is 0.553 bits per heavy atom. The molecule has 0 bridgehead atoms. The Kier molecular flexibility index (Phi) is 6.33. The fraction of sp³-hybridized carbons (Fsp3) is 0.111. The number of allylic oxidation sites excluding steroid dienone is 4. The van der Waals surface area contributed by atoms with Crippen molar-refractivity contribution < 1.29 is 0 Å². The first-order valence-electron chi connectivity index (χ1n) is 16.7. The van der Waals surface area contributed by atoms with E-state index >= 15 is 0 Å². The van der Waals surface area contributed by atoms with Crippen molar-refractivity contribution in [2.24, 2.45) is 0 Å². The van der Waals surface area contributed by atoms with E-state index in [1.165, 1.54) is 72.0 Å². The number of nitrogens with one attached hydrogen (secondary N) is 1. The van der Waals surface area contributed by atoms with Crippen molar-refractivity contribution in [1.82, 2.24) is 4.98 Å². The number of nitrogens with zero attached hydrogens (tertiary/aromatic N) is 1. The fourth-order valence-corrected chi connectivity index (χ4v) is 7.78. The summed E-state index contributed by atoms with van der Waals surface area (Å²) in [7, 11) is 0. The molecule has 0 unspecified atom stereocenters. The summed E-state index contributed by atoms with van der Waals surface area (Å²) in [5.41, 5.74) is 16.3. The highest BCUT2D eigenvalue weighted by Gasteiger charge is 2.35. The number of fused-ring (bicyclic) bond motifs is 6. The molecule has 2 aliphatic rings. The number of aromatic nitrogens is 1. The topological polar surface area (TPSA) is 19.0 Å². The van der Waals surface area contributed by atoms with Crippen molar-refractivity contribution >= 4 is 44.4 Å². The van der Waals surface area contributed by atoms with E-state index in [1.54, 1.807) is 0 Å². The smallest absolute Gasteiger partial charge is 0.0465 e. The molecule has 9 rings (SSSR count). The van der Waals surface area contributed by atoms with Crippen LogP contribution in [0.2, 0.25) is 0 Å². The molecule has 0 saturated heterocycles. The number of benzene rings is 6. The van der Waals surface area contributed by atoms with Crippen LogP contribution in [-0.4, -0.2) is 4.98 Å². The number of anilines is 3. The summed E-state index contributed by atoms with van der Waals surface area (Å²) in [6.07, 6.45) is 8.87. The van der Waals surface area contributed by atoms with Crippen molar-refractivity contribution in [2.45, 2.75) is 32.1 Å². The highest BCUT2D eigenvalue weighted by molar-refractivity contribution is 6.08. The molecule has 2 heteroatoms. The molecule has 47 heavy (non-hydrogen) atoms. The molecular weight excluding hydrogens is 569 g/mol. The number of hydrogen-bond acceptors (Lipinski definition) is 1. The first-order valence-corrected chi connectivity index (χ1v) is 16.7. The largest absolute Gasteiger partial charge is 0.355 e. The van der Waals surface area contributed by atoms with Gasteiger partial charge in [0.15, 0.2) is 0 Å². The Balaban J connectivity index is 1.14. The third-order valence-electron chi connectivity index (χ3n) is 10.3. The lowest BCUT2D eigenvalue weighted by Gasteiger charge is -2.28. The molecule has 0 amide bonds. The Morgan fingerprint density at radius 2 is 1.21 bits per heavy atom. The van der Waals surface area contributed by atoms with Crippen LogP contribution in [0.15, 0.2) is 152 Å². The minimum Gasteiger partial charge on any atom is -0.355 e. The molecule has 2 nitrogen and oxygen atoms in total. The second-order valence-corrected chi connectivity index (χ2v) is 13.4. The molecule has 1 N–H and O–H groups in total. The van der Waals surface area contributed by atoms with Crippen LogP contribution in [-0.2, 0) is 5.41 Å². The van der Waals surface area contributed by atoms with Crippen molar-refractivity contribution in [2.75, 3.05) is 4.90 Å². The molecule has 7 aromatic rings. The zero-order valence-corrected chi connectivity index (χ0v) is 26.8. The summed E-state index contributed by atoms with van der Waals surface area (Å²) in [6, 6.07) is 49.4. The van der Waals surface area contributed by atoms with Gasteiger partial charge in [-0.1, -0.05) is 111 Å². The zero-order valence-electron chi connectivity index (χ0n) is 26.8. The molecule has 226 valence electrons. The van der Waals surface area contributed by atoms with Crippen LogP contribution in [0.3, 0.4) is 0 Å². The molecule has 1 aromatic heterocycles. The predicted molar refractivity (Wildman–Crippen MR) is 200 cm³/mol. The van der Waals surface area contributed by atoms with Crippen LogP contribution in [0.25, 0.3) is 49.6 Å². The minimum atomic E-state index is -0.0661. The molecule has 0 radical (unpaired) electrons. The lowest BCUT2D eigenvalue weighted by molar-refractivity contribution is 0.660. The van der Waals surface area contributed by atoms with Crippen LogP contribution in [0.5, 0.6) is 0 Å². The summed E-state index contributed by atoms with van der Waals surface area (Å²) < 4.78 is 0. The molecule has 0 fully saturated rings. The summed E-state index contributed by atoms with van der Waals surface area (Å²) in [6.45, 7) is 4.71. The highest BCUT2D eigenvalue weighted by atomic mass is 15.1. The van der Waals surface area contributed by atoms with E-state index in [1.807, 2.05) is 0 Å². The van der Waals surface area contributed by atoms with E-state index < -0.39 is 0 Å². The molecule has 2 aliphatic carbocycles. The van der Waals surface area contributed by atoms with Crippen molar-refractivity contribution in [3.8, 4) is 22.3 Å². The predicted octanol–water partition coefficient (Wildman–Crippen LogP) is 12.5. The van der Waals surface area contributed by atoms with E-state index in [-0.39, 0.29) is 5.41 Å². The average molecular weight is 605 g/mol. The number of aromatic amines is 1. The summed E-state index contributed by atoms with van der Waals surface area (Å²) in [5, 5.41) is 2.52. The number of H-pyrrole nitrogens is 1. The van der Waals surface area contributed by atoms with Gasteiger partial charge in [0.25, 0.3) is 0 Å². The van der Waals surface area contributed by atoms with Gasteiger partial charge in [-0.2, -0.15) is 0 Å². The summed E-state index contributed by atoms with van der Waals surface area (Å²) in [5.74, 6) is 0. The standard InChI is InChI=1S/C45H36N2/c1-45(2)41-14-8-6-12-37(41)38-26-25-36(29-42(38)45)47(34-21-16-31(17-22-34)30-10-4-3-5-11-30)35-23-18-32(19-24-35)33-20-27-44-40(28-33)39-13-7-9-15-43(39)46-44/h3-4,6-10,12-29,46H,5,11H2,1-2H3. The maximum Gasteiger partial charge on any atom is 0.0465 e. The minimum absolute atomic E-state index is 0.0661. The number of hydrogen-bond donors (Lipinski definition) is 1. The van der Waals surface area contributed by atoms with Crippen LogP contribution >= 0.6 is 0 Å². The van der Waals surface area contributed by atoms with Crippen LogP contribution in [0.1, 0.15) is 43.4 Å². The first-order chi connectivity index (χ1) is 23.0. The van der Waals surface area contributed by atoms with Gasteiger partial charge in [-0.15, -0.1) is 0 Å². The third kappa shape index (κ3) is 4.55. The van der Waals surface area contributed by atoms with Gasteiger partial charge in [0.1, 0.15) is 0 Å². The second-order valence-electron chi connectivity index (χ2n) is 13.4. The quantitative estimate of drug-likeness (QED) is 0.207. The van der Waals surface area contributed by atoms with Gasteiger partial charge < -0.3 is 9.88 Å². The molecule has 1 heterocycles. The fourth-order valence-electron chi connectivity index (χ4n) is 7.78. The average Bonchev–Trinajstić information content (AvgIpc) is 3.61. The molecule has 0 atom stereocenters. The van der Waals surface area contributed by atoms with Crippen molar-refractivity contribution in [1.29, 1.82) is 0 Å². The van der Waals surface area contributed by atoms with Gasteiger partial charge >= 0.3 is 0 Å². The number of rotatable bonds is 5. The SMILES string of the molecule is CC1(C)c2ccccc2-c2ccc(N(c3ccc(C4=CC=CCC4)cc3)c3ccc(-c4ccc5[nH]c6ccccc6c5c4)cc3)cc21. The van der Waals surface area contributed by atoms with Gasteiger partial charge in [0.2, 0.25) is 0 Å². The van der Waals surface area contributed by atoms with E-state index in [0.717, 1.165) is 24.2 Å². The van der Waals surface area contributed by atoms with Gasteiger partial charge in [-0.25, -0.2) is 0 Å². The Labute approximate surface area is 276 Å². The Bertz CT molecular complexity index is 2370. The highest BCUT2D eigenvalue weighted by Crippen LogP contribution is 2.50. The van der Waals surface area contributed by atoms with Gasteiger partial charge in [0, 0.05) is 44.3 Å². The maximum atomic E-state index is 3.56. The van der Waals surface area contributed by atoms with Crippen LogP contribution in [0, 0.1) is 0 Å². The maximum absolute atomic E-state index is 3.56. The third-order valence-corrected chi connectivity index (χ3v) is 10.3. The number of para-hydroxylation sites is 1. The summed E-state index contributed by atoms with van der Waals surface area (Å²) >= 11 is 0. The van der Waals surface area contributed by atoms with Crippen LogP contribution < -0.4 is 4.90 Å². The normalized spacial score (nSPS) is 14.6. The van der Waals surface area contributed by atoms with E-state index in [2.05, 4.69) is 175 Å². The van der Waals surface area contributed by atoms with Gasteiger partial charge in [-0.05, 0) is 112 Å². The monoisotopic (exact) mass is 604 g/mol.